The third-order valence-corrected chi connectivity index (χ3v) is 3.42. The molecule has 1 aromatic carbocycles. The number of benzene rings is 1. The maximum Gasteiger partial charge on any atom is 0.357 e. The molecule has 0 saturated heterocycles. The molecule has 0 spiro atoms. The summed E-state index contributed by atoms with van der Waals surface area (Å²) in [5.74, 6) is 0.723. The highest BCUT2D eigenvalue weighted by Gasteiger charge is 2.28. The van der Waals surface area contributed by atoms with Gasteiger partial charge in [-0.3, -0.25) is 14.9 Å². The van der Waals surface area contributed by atoms with Crippen LogP contribution in [0.5, 0.6) is 5.75 Å². The smallest absolute Gasteiger partial charge is 0.357 e. The number of rotatable bonds is 7. The lowest BCUT2D eigenvalue weighted by molar-refractivity contribution is -0.411. The van der Waals surface area contributed by atoms with E-state index in [4.69, 9.17) is 4.74 Å². The van der Waals surface area contributed by atoms with Crippen LogP contribution in [-0.2, 0) is 4.79 Å². The number of H-pyrrole nitrogens is 1. The van der Waals surface area contributed by atoms with Gasteiger partial charge in [-0.15, -0.1) is 0 Å². The maximum atomic E-state index is 12.2. The number of amides is 1. The SMILES string of the molecule is CCN(CC(=O)Nc1ccc(OC)cc1)c1[nH+]cccc1[N+](=O)[O-]. The van der Waals surface area contributed by atoms with Crippen LogP contribution >= 0.6 is 0 Å². The number of pyridine rings is 1. The minimum atomic E-state index is -0.476. The van der Waals surface area contributed by atoms with Gasteiger partial charge in [0.05, 0.1) is 24.8 Å². The number of likely N-dealkylation sites (N-methyl/N-ethyl adjacent to an activating group) is 1. The minimum Gasteiger partial charge on any atom is -0.497 e. The van der Waals surface area contributed by atoms with Crippen molar-refractivity contribution >= 4 is 23.1 Å². The number of ether oxygens (including phenoxy) is 1. The number of aromatic amines is 1. The number of anilines is 2. The standard InChI is InChI=1S/C16H18N4O4/c1-3-19(16-14(20(22)23)5-4-10-17-16)11-15(21)18-12-6-8-13(24-2)9-7-12/h4-10H,3,11H2,1-2H3,(H,18,21)/p+1. The molecule has 8 heteroatoms. The first-order valence-electron chi connectivity index (χ1n) is 7.39. The lowest BCUT2D eigenvalue weighted by Gasteiger charge is -2.14. The number of carbonyl (C=O) groups excluding carboxylic acids is 1. The van der Waals surface area contributed by atoms with Crippen molar-refractivity contribution < 1.29 is 19.4 Å². The van der Waals surface area contributed by atoms with E-state index in [0.29, 0.717) is 23.8 Å². The molecular weight excluding hydrogens is 312 g/mol. The van der Waals surface area contributed by atoms with Crippen LogP contribution in [0.3, 0.4) is 0 Å². The van der Waals surface area contributed by atoms with Gasteiger partial charge in [0.25, 0.3) is 5.91 Å². The molecule has 0 atom stereocenters. The Balaban J connectivity index is 2.09. The van der Waals surface area contributed by atoms with Crippen molar-refractivity contribution in [1.29, 1.82) is 0 Å². The Kier molecular flexibility index (Phi) is 5.67. The minimum absolute atomic E-state index is 0.0100. The molecule has 2 N–H and O–H groups in total. The molecule has 0 bridgehead atoms. The quantitative estimate of drug-likeness (QED) is 0.617. The van der Waals surface area contributed by atoms with E-state index in [1.807, 2.05) is 6.92 Å². The first kappa shape index (κ1) is 17.2. The molecule has 1 heterocycles. The van der Waals surface area contributed by atoms with Crippen LogP contribution in [0.4, 0.5) is 17.2 Å². The summed E-state index contributed by atoms with van der Waals surface area (Å²) in [7, 11) is 1.57. The van der Waals surface area contributed by atoms with Gasteiger partial charge in [0.15, 0.2) is 6.54 Å². The number of aromatic nitrogens is 1. The van der Waals surface area contributed by atoms with E-state index in [9.17, 15) is 14.9 Å². The number of nitrogens with one attached hydrogen (secondary N) is 2. The zero-order valence-corrected chi connectivity index (χ0v) is 13.5. The summed E-state index contributed by atoms with van der Waals surface area (Å²) in [5.41, 5.74) is 0.556. The molecular formula is C16H19N4O4+. The number of hydrogen-bond acceptors (Lipinski definition) is 5. The van der Waals surface area contributed by atoms with Crippen molar-refractivity contribution in [2.24, 2.45) is 0 Å². The van der Waals surface area contributed by atoms with Crippen molar-refractivity contribution in [3.05, 3.63) is 52.7 Å². The normalized spacial score (nSPS) is 10.1. The Bertz CT molecular complexity index is 718. The summed E-state index contributed by atoms with van der Waals surface area (Å²) in [6, 6.07) is 9.88. The third-order valence-electron chi connectivity index (χ3n) is 3.42. The Morgan fingerprint density at radius 2 is 2.04 bits per heavy atom. The van der Waals surface area contributed by atoms with Gasteiger partial charge in [0, 0.05) is 11.8 Å². The molecule has 24 heavy (non-hydrogen) atoms. The summed E-state index contributed by atoms with van der Waals surface area (Å²) >= 11 is 0. The van der Waals surface area contributed by atoms with Crippen LogP contribution < -0.4 is 19.9 Å². The Morgan fingerprint density at radius 1 is 1.33 bits per heavy atom. The fraction of sp³-hybridized carbons (Fsp3) is 0.250. The topological polar surface area (TPSA) is 98.9 Å². The lowest BCUT2D eigenvalue weighted by Crippen LogP contribution is -2.36. The highest BCUT2D eigenvalue weighted by Crippen LogP contribution is 2.22. The summed E-state index contributed by atoms with van der Waals surface area (Å²) in [6.07, 6.45) is 1.59. The Hall–Kier alpha value is -3.16. The number of carbonyl (C=O) groups is 1. The van der Waals surface area contributed by atoms with Gasteiger partial charge < -0.3 is 10.1 Å². The van der Waals surface area contributed by atoms with E-state index in [0.717, 1.165) is 0 Å². The van der Waals surface area contributed by atoms with Gasteiger partial charge in [0.1, 0.15) is 5.75 Å². The molecule has 2 rings (SSSR count). The Labute approximate surface area is 139 Å². The molecule has 1 amide bonds. The highest BCUT2D eigenvalue weighted by molar-refractivity contribution is 5.94. The summed E-state index contributed by atoms with van der Waals surface area (Å²) in [6.45, 7) is 2.26. The van der Waals surface area contributed by atoms with Crippen LogP contribution in [0, 0.1) is 10.1 Å². The average Bonchev–Trinajstić information content (AvgIpc) is 2.60. The van der Waals surface area contributed by atoms with Gasteiger partial charge in [-0.25, -0.2) is 9.88 Å². The molecule has 2 aromatic rings. The molecule has 0 radical (unpaired) electrons. The number of methoxy groups -OCH3 is 1. The van der Waals surface area contributed by atoms with Crippen molar-refractivity contribution in [3.63, 3.8) is 0 Å². The monoisotopic (exact) mass is 331 g/mol. The third kappa shape index (κ3) is 4.19. The summed E-state index contributed by atoms with van der Waals surface area (Å²) in [4.78, 5) is 27.3. The van der Waals surface area contributed by atoms with E-state index in [-0.39, 0.29) is 18.1 Å². The van der Waals surface area contributed by atoms with E-state index in [1.54, 1.807) is 48.5 Å². The zero-order valence-electron chi connectivity index (χ0n) is 13.5. The molecule has 0 aliphatic carbocycles. The second-order valence-corrected chi connectivity index (χ2v) is 4.95. The molecule has 0 saturated carbocycles. The second kappa shape index (κ2) is 7.91. The summed E-state index contributed by atoms with van der Waals surface area (Å²) < 4.78 is 5.06. The lowest BCUT2D eigenvalue weighted by atomic mass is 10.3. The van der Waals surface area contributed by atoms with Crippen LogP contribution in [0.1, 0.15) is 6.92 Å². The fourth-order valence-corrected chi connectivity index (χ4v) is 2.22. The van der Waals surface area contributed by atoms with Crippen molar-refractivity contribution in [2.75, 3.05) is 30.4 Å². The van der Waals surface area contributed by atoms with Gasteiger partial charge in [-0.05, 0) is 37.3 Å². The van der Waals surface area contributed by atoms with Gasteiger partial charge >= 0.3 is 11.5 Å². The fourth-order valence-electron chi connectivity index (χ4n) is 2.22. The predicted molar refractivity (Wildman–Crippen MR) is 89.2 cm³/mol. The highest BCUT2D eigenvalue weighted by atomic mass is 16.6. The zero-order chi connectivity index (χ0) is 17.5. The molecule has 0 aliphatic rings. The van der Waals surface area contributed by atoms with Crippen molar-refractivity contribution in [3.8, 4) is 5.75 Å². The molecule has 0 unspecified atom stereocenters. The van der Waals surface area contributed by atoms with Gasteiger partial charge in [-0.2, -0.15) is 0 Å². The second-order valence-electron chi connectivity index (χ2n) is 4.95. The first-order chi connectivity index (χ1) is 11.5. The molecule has 8 nitrogen and oxygen atoms in total. The summed E-state index contributed by atoms with van der Waals surface area (Å²) in [5, 5.41) is 13.9. The van der Waals surface area contributed by atoms with E-state index < -0.39 is 4.92 Å². The van der Waals surface area contributed by atoms with Crippen molar-refractivity contribution in [1.82, 2.24) is 0 Å². The number of hydrogen-bond donors (Lipinski definition) is 1. The van der Waals surface area contributed by atoms with Crippen molar-refractivity contribution in [2.45, 2.75) is 6.92 Å². The average molecular weight is 331 g/mol. The van der Waals surface area contributed by atoms with E-state index in [1.165, 1.54) is 6.07 Å². The number of nitrogens with zero attached hydrogens (tertiary/aromatic N) is 2. The largest absolute Gasteiger partial charge is 0.497 e. The number of nitro groups is 1. The Morgan fingerprint density at radius 3 is 2.62 bits per heavy atom. The van der Waals surface area contributed by atoms with Crippen LogP contribution in [0.2, 0.25) is 0 Å². The van der Waals surface area contributed by atoms with Crippen LogP contribution in [0.15, 0.2) is 42.6 Å². The van der Waals surface area contributed by atoms with E-state index in [2.05, 4.69) is 10.3 Å². The molecule has 0 fully saturated rings. The maximum absolute atomic E-state index is 12.2. The van der Waals surface area contributed by atoms with Gasteiger partial charge in [0.2, 0.25) is 0 Å². The van der Waals surface area contributed by atoms with Gasteiger partial charge in [-0.1, -0.05) is 0 Å². The molecule has 1 aromatic heterocycles. The van der Waals surface area contributed by atoms with E-state index >= 15 is 0 Å². The first-order valence-corrected chi connectivity index (χ1v) is 7.39. The molecule has 0 aliphatic heterocycles. The predicted octanol–water partition coefficient (Wildman–Crippen LogP) is 1.88. The van der Waals surface area contributed by atoms with Crippen LogP contribution in [-0.4, -0.2) is 31.0 Å². The van der Waals surface area contributed by atoms with Crippen LogP contribution in [0.25, 0.3) is 0 Å². The molecule has 126 valence electrons.